The van der Waals surface area contributed by atoms with Crippen LogP contribution in [0.5, 0.6) is 0 Å². The van der Waals surface area contributed by atoms with Crippen LogP contribution in [0.2, 0.25) is 0 Å². The molecule has 1 aromatic rings. The van der Waals surface area contributed by atoms with Gasteiger partial charge in [-0.25, -0.2) is 0 Å². The average Bonchev–Trinajstić information content (AvgIpc) is 3.44. The smallest absolute Gasteiger partial charge is 0.254 e. The molecule has 2 aliphatic heterocycles. The molecule has 3 rings (SSSR count). The highest BCUT2D eigenvalue weighted by Crippen LogP contribution is 2.39. The average molecular weight is 474 g/mol. The summed E-state index contributed by atoms with van der Waals surface area (Å²) in [6.07, 6.45) is 4.78. The molecule has 2 saturated heterocycles. The first-order valence-corrected chi connectivity index (χ1v) is 12.0. The standard InChI is InChI=1S/C24H31N3O5S/c1-4-12-25-22(30)20-24(2,3)33-15-27(20)23(31)19(28)17(14-16-9-6-5-7-10-16)26-21(29)18-11-8-13-32-18/h1,5-7,9-10,17-20,28H,8,11-15H2,2-3H3,(H,25,30)(H,26,29). The summed E-state index contributed by atoms with van der Waals surface area (Å²) in [5.74, 6) is 1.28. The van der Waals surface area contributed by atoms with Crippen molar-refractivity contribution in [1.29, 1.82) is 0 Å². The number of carbonyl (C=O) groups is 3. The predicted molar refractivity (Wildman–Crippen MR) is 126 cm³/mol. The Bertz CT molecular complexity index is 895. The van der Waals surface area contributed by atoms with Gasteiger partial charge >= 0.3 is 0 Å². The molecule has 0 spiro atoms. The number of ether oxygens (including phenoxy) is 1. The minimum Gasteiger partial charge on any atom is -0.381 e. The number of carbonyl (C=O) groups excluding carboxylic acids is 3. The molecule has 4 atom stereocenters. The fraction of sp³-hybridized carbons (Fsp3) is 0.542. The van der Waals surface area contributed by atoms with E-state index in [2.05, 4.69) is 16.6 Å². The lowest BCUT2D eigenvalue weighted by molar-refractivity contribution is -0.148. The van der Waals surface area contributed by atoms with Crippen LogP contribution in [0.25, 0.3) is 0 Å². The zero-order chi connectivity index (χ0) is 24.0. The second-order valence-corrected chi connectivity index (χ2v) is 10.4. The van der Waals surface area contributed by atoms with Gasteiger partial charge in [-0.3, -0.25) is 14.4 Å². The van der Waals surface area contributed by atoms with E-state index in [1.54, 1.807) is 0 Å². The van der Waals surface area contributed by atoms with Crippen LogP contribution in [0.3, 0.4) is 0 Å². The van der Waals surface area contributed by atoms with Gasteiger partial charge < -0.3 is 25.4 Å². The number of rotatable bonds is 8. The molecule has 2 heterocycles. The number of thioether (sulfide) groups is 1. The highest BCUT2D eigenvalue weighted by atomic mass is 32.2. The van der Waals surface area contributed by atoms with Crippen LogP contribution in [-0.2, 0) is 25.5 Å². The van der Waals surface area contributed by atoms with Crippen LogP contribution < -0.4 is 10.6 Å². The van der Waals surface area contributed by atoms with Crippen molar-refractivity contribution >= 4 is 29.5 Å². The topological polar surface area (TPSA) is 108 Å². The molecule has 2 aliphatic rings. The van der Waals surface area contributed by atoms with Crippen LogP contribution in [0.15, 0.2) is 30.3 Å². The second-order valence-electron chi connectivity index (χ2n) is 8.76. The Morgan fingerprint density at radius 2 is 2.03 bits per heavy atom. The molecule has 0 radical (unpaired) electrons. The Balaban J connectivity index is 1.80. The molecule has 2 fully saturated rings. The number of amides is 3. The number of aliphatic hydroxyl groups is 1. The molecule has 0 aromatic heterocycles. The maximum absolute atomic E-state index is 13.4. The molecular weight excluding hydrogens is 442 g/mol. The van der Waals surface area contributed by atoms with Crippen molar-refractivity contribution in [3.05, 3.63) is 35.9 Å². The zero-order valence-corrected chi connectivity index (χ0v) is 19.8. The minimum absolute atomic E-state index is 0.0503. The Morgan fingerprint density at radius 1 is 1.30 bits per heavy atom. The molecule has 3 N–H and O–H groups in total. The summed E-state index contributed by atoms with van der Waals surface area (Å²) >= 11 is 1.45. The zero-order valence-electron chi connectivity index (χ0n) is 19.0. The number of hydrogen-bond donors (Lipinski definition) is 3. The number of nitrogens with zero attached hydrogens (tertiary/aromatic N) is 1. The van der Waals surface area contributed by atoms with Gasteiger partial charge in [-0.1, -0.05) is 36.3 Å². The predicted octanol–water partition coefficient (Wildman–Crippen LogP) is 0.683. The lowest BCUT2D eigenvalue weighted by atomic mass is 9.97. The third-order valence-corrected chi connectivity index (χ3v) is 7.30. The van der Waals surface area contributed by atoms with E-state index in [-0.39, 0.29) is 30.7 Å². The Hall–Kier alpha value is -2.54. The molecule has 3 amide bonds. The first kappa shape index (κ1) is 25.1. The molecule has 33 heavy (non-hydrogen) atoms. The molecule has 8 nitrogen and oxygen atoms in total. The summed E-state index contributed by atoms with van der Waals surface area (Å²) < 4.78 is 4.89. The van der Waals surface area contributed by atoms with E-state index in [1.165, 1.54) is 16.7 Å². The van der Waals surface area contributed by atoms with Gasteiger partial charge in [0, 0.05) is 11.4 Å². The lowest BCUT2D eigenvalue weighted by Crippen LogP contribution is -2.59. The van der Waals surface area contributed by atoms with E-state index in [4.69, 9.17) is 11.2 Å². The summed E-state index contributed by atoms with van der Waals surface area (Å²) in [5.41, 5.74) is 0.862. The van der Waals surface area contributed by atoms with Crippen molar-refractivity contribution in [3.8, 4) is 12.3 Å². The van der Waals surface area contributed by atoms with Gasteiger partial charge in [0.15, 0.2) is 6.10 Å². The monoisotopic (exact) mass is 473 g/mol. The number of aliphatic hydroxyl groups excluding tert-OH is 1. The molecule has 1 aromatic carbocycles. The van der Waals surface area contributed by atoms with E-state index in [0.29, 0.717) is 13.0 Å². The molecule has 9 heteroatoms. The Labute approximate surface area is 198 Å². The van der Waals surface area contributed by atoms with Crippen LogP contribution in [0, 0.1) is 12.3 Å². The van der Waals surface area contributed by atoms with Gasteiger partial charge in [0.1, 0.15) is 12.1 Å². The molecule has 178 valence electrons. The van der Waals surface area contributed by atoms with Crippen LogP contribution in [0.1, 0.15) is 32.3 Å². The maximum atomic E-state index is 13.4. The first-order chi connectivity index (χ1) is 15.7. The quantitative estimate of drug-likeness (QED) is 0.480. The van der Waals surface area contributed by atoms with Gasteiger partial charge in [0.25, 0.3) is 5.91 Å². The van der Waals surface area contributed by atoms with Crippen LogP contribution >= 0.6 is 11.8 Å². The van der Waals surface area contributed by atoms with Gasteiger partial charge in [-0.2, -0.15) is 0 Å². The van der Waals surface area contributed by atoms with Crippen molar-refractivity contribution in [1.82, 2.24) is 15.5 Å². The van der Waals surface area contributed by atoms with Gasteiger partial charge in [-0.15, -0.1) is 18.2 Å². The minimum atomic E-state index is -1.53. The summed E-state index contributed by atoms with van der Waals surface area (Å²) in [5, 5.41) is 16.6. The SMILES string of the molecule is C#CCNC(=O)C1N(C(=O)C(O)C(Cc2ccccc2)NC(=O)C2CCCO2)CSC1(C)C. The van der Waals surface area contributed by atoms with Crippen molar-refractivity contribution in [2.75, 3.05) is 19.0 Å². The number of benzene rings is 1. The highest BCUT2D eigenvalue weighted by Gasteiger charge is 2.49. The maximum Gasteiger partial charge on any atom is 0.254 e. The largest absolute Gasteiger partial charge is 0.381 e. The molecular formula is C24H31N3O5S. The first-order valence-electron chi connectivity index (χ1n) is 11.0. The van der Waals surface area contributed by atoms with E-state index in [9.17, 15) is 19.5 Å². The van der Waals surface area contributed by atoms with Gasteiger partial charge in [0.2, 0.25) is 11.8 Å². The fourth-order valence-corrected chi connectivity index (χ4v) is 5.30. The Morgan fingerprint density at radius 3 is 2.67 bits per heavy atom. The van der Waals surface area contributed by atoms with E-state index in [0.717, 1.165) is 12.0 Å². The second kappa shape index (κ2) is 11.1. The van der Waals surface area contributed by atoms with E-state index >= 15 is 0 Å². The summed E-state index contributed by atoms with van der Waals surface area (Å²) in [4.78, 5) is 40.3. The summed E-state index contributed by atoms with van der Waals surface area (Å²) in [6.45, 7) is 4.31. The molecule has 0 aliphatic carbocycles. The number of hydrogen-bond acceptors (Lipinski definition) is 6. The molecule has 0 saturated carbocycles. The van der Waals surface area contributed by atoms with Crippen molar-refractivity contribution in [3.63, 3.8) is 0 Å². The Kier molecular flexibility index (Phi) is 8.40. The van der Waals surface area contributed by atoms with E-state index < -0.39 is 34.9 Å². The van der Waals surface area contributed by atoms with Gasteiger partial charge in [-0.05, 0) is 38.7 Å². The third kappa shape index (κ3) is 6.08. The number of terminal acetylenes is 1. The summed E-state index contributed by atoms with van der Waals surface area (Å²) in [7, 11) is 0. The highest BCUT2D eigenvalue weighted by molar-refractivity contribution is 8.00. The van der Waals surface area contributed by atoms with Crippen molar-refractivity contribution in [2.45, 2.75) is 62.1 Å². The van der Waals surface area contributed by atoms with Crippen LogP contribution in [0.4, 0.5) is 0 Å². The third-order valence-electron chi connectivity index (χ3n) is 5.92. The normalized spacial score (nSPS) is 23.4. The summed E-state index contributed by atoms with van der Waals surface area (Å²) in [6, 6.07) is 7.64. The van der Waals surface area contributed by atoms with Crippen molar-refractivity contribution < 1.29 is 24.2 Å². The molecule has 0 bridgehead atoms. The lowest BCUT2D eigenvalue weighted by Gasteiger charge is -2.33. The van der Waals surface area contributed by atoms with Gasteiger partial charge in [0.05, 0.1) is 18.5 Å². The molecule has 4 unspecified atom stereocenters. The fourth-order valence-electron chi connectivity index (χ4n) is 4.16. The number of nitrogens with one attached hydrogen (secondary N) is 2. The van der Waals surface area contributed by atoms with E-state index in [1.807, 2.05) is 44.2 Å². The van der Waals surface area contributed by atoms with Crippen molar-refractivity contribution in [2.24, 2.45) is 0 Å². The van der Waals surface area contributed by atoms with Crippen LogP contribution in [-0.4, -0.2) is 75.8 Å².